The molecule has 1 aromatic rings. The van der Waals surface area contributed by atoms with Gasteiger partial charge in [-0.1, -0.05) is 12.1 Å². The number of carbonyl (C=O) groups is 1. The van der Waals surface area contributed by atoms with Gasteiger partial charge in [0.1, 0.15) is 0 Å². The fraction of sp³-hybridized carbons (Fsp3) is 0.429. The highest BCUT2D eigenvalue weighted by atomic mass is 16.5. The minimum Gasteiger partial charge on any atom is -0.381 e. The Labute approximate surface area is 107 Å². The summed E-state index contributed by atoms with van der Waals surface area (Å²) < 4.78 is 5.30. The Bertz CT molecular complexity index is 442. The Balaban J connectivity index is 1.92. The topological polar surface area (TPSA) is 62.1 Å². The maximum Gasteiger partial charge on any atom is 0.229 e. The third kappa shape index (κ3) is 3.31. The lowest BCUT2D eigenvalue weighted by molar-refractivity contribution is -0.123. The van der Waals surface area contributed by atoms with E-state index in [0.29, 0.717) is 13.0 Å². The number of nitriles is 1. The molecule has 94 valence electrons. The average Bonchev–Trinajstić information content (AvgIpc) is 2.42. The number of carbonyl (C=O) groups excluding carboxylic acids is 1. The van der Waals surface area contributed by atoms with Crippen LogP contribution in [-0.2, 0) is 16.0 Å². The largest absolute Gasteiger partial charge is 0.381 e. The van der Waals surface area contributed by atoms with Crippen molar-refractivity contribution in [1.29, 1.82) is 5.26 Å². The molecule has 1 fully saturated rings. The van der Waals surface area contributed by atoms with E-state index < -0.39 is 0 Å². The maximum atomic E-state index is 11.9. The number of amides is 1. The van der Waals surface area contributed by atoms with Crippen LogP contribution in [0.5, 0.6) is 0 Å². The number of hydrogen-bond acceptors (Lipinski definition) is 3. The zero-order chi connectivity index (χ0) is 12.8. The van der Waals surface area contributed by atoms with E-state index in [2.05, 4.69) is 11.4 Å². The van der Waals surface area contributed by atoms with E-state index in [-0.39, 0.29) is 11.8 Å². The average molecular weight is 244 g/mol. The third-order valence-electron chi connectivity index (χ3n) is 3.04. The molecule has 0 spiro atoms. The molecule has 1 saturated heterocycles. The lowest BCUT2D eigenvalue weighted by Gasteiger charge is -2.21. The minimum absolute atomic E-state index is 0.0164. The Morgan fingerprint density at radius 1 is 1.44 bits per heavy atom. The molecule has 1 heterocycles. The van der Waals surface area contributed by atoms with Crippen molar-refractivity contribution in [3.8, 4) is 6.07 Å². The first-order valence-electron chi connectivity index (χ1n) is 6.14. The summed E-state index contributed by atoms with van der Waals surface area (Å²) in [4.78, 5) is 11.9. The van der Waals surface area contributed by atoms with Crippen molar-refractivity contribution in [3.05, 3.63) is 29.8 Å². The van der Waals surface area contributed by atoms with Crippen LogP contribution in [-0.4, -0.2) is 19.1 Å². The molecule has 1 aliphatic rings. The highest BCUT2D eigenvalue weighted by Crippen LogP contribution is 2.17. The van der Waals surface area contributed by atoms with Crippen molar-refractivity contribution in [2.24, 2.45) is 5.92 Å². The minimum atomic E-state index is -0.0439. The molecule has 1 N–H and O–H groups in total. The molecule has 0 aliphatic carbocycles. The molecule has 0 radical (unpaired) electrons. The van der Waals surface area contributed by atoms with Gasteiger partial charge in [0.2, 0.25) is 5.91 Å². The molecular weight excluding hydrogens is 228 g/mol. The van der Waals surface area contributed by atoms with Crippen molar-refractivity contribution in [3.63, 3.8) is 0 Å². The van der Waals surface area contributed by atoms with Gasteiger partial charge in [-0.3, -0.25) is 4.79 Å². The van der Waals surface area contributed by atoms with Gasteiger partial charge in [-0.2, -0.15) is 5.26 Å². The van der Waals surface area contributed by atoms with Crippen LogP contribution in [0.1, 0.15) is 18.4 Å². The predicted octanol–water partition coefficient (Wildman–Crippen LogP) is 2.12. The Hall–Kier alpha value is -1.86. The van der Waals surface area contributed by atoms with E-state index in [1.165, 1.54) is 0 Å². The Morgan fingerprint density at radius 2 is 2.22 bits per heavy atom. The summed E-state index contributed by atoms with van der Waals surface area (Å²) in [5, 5.41) is 11.5. The molecule has 1 amide bonds. The normalized spacial score (nSPS) is 18.9. The van der Waals surface area contributed by atoms with Crippen LogP contribution in [0.15, 0.2) is 24.3 Å². The van der Waals surface area contributed by atoms with E-state index in [0.717, 1.165) is 30.7 Å². The zero-order valence-electron chi connectivity index (χ0n) is 10.2. The van der Waals surface area contributed by atoms with Crippen molar-refractivity contribution >= 4 is 11.6 Å². The highest BCUT2D eigenvalue weighted by molar-refractivity contribution is 5.92. The molecule has 1 atom stereocenters. The summed E-state index contributed by atoms with van der Waals surface area (Å²) in [7, 11) is 0. The van der Waals surface area contributed by atoms with E-state index in [9.17, 15) is 4.79 Å². The molecule has 0 saturated carbocycles. The first-order chi connectivity index (χ1) is 8.79. The lowest BCUT2D eigenvalue weighted by Crippen LogP contribution is -2.30. The van der Waals surface area contributed by atoms with Gasteiger partial charge in [0.05, 0.1) is 25.0 Å². The predicted molar refractivity (Wildman–Crippen MR) is 67.9 cm³/mol. The molecule has 4 heteroatoms. The van der Waals surface area contributed by atoms with Gasteiger partial charge in [-0.25, -0.2) is 0 Å². The number of hydrogen-bond donors (Lipinski definition) is 1. The molecule has 0 bridgehead atoms. The molecular formula is C14H16N2O2. The summed E-state index contributed by atoms with van der Waals surface area (Å²) in [6, 6.07) is 9.46. The van der Waals surface area contributed by atoms with Crippen molar-refractivity contribution in [2.75, 3.05) is 18.5 Å². The van der Waals surface area contributed by atoms with E-state index in [4.69, 9.17) is 10.00 Å². The quantitative estimate of drug-likeness (QED) is 0.885. The van der Waals surface area contributed by atoms with Crippen molar-refractivity contribution in [2.45, 2.75) is 19.3 Å². The SMILES string of the molecule is N#CCc1ccc(NC(=O)C2CCCOC2)cc1. The second-order valence-corrected chi connectivity index (χ2v) is 4.44. The number of anilines is 1. The second kappa shape index (κ2) is 6.18. The number of nitrogens with zero attached hydrogens (tertiary/aromatic N) is 1. The van der Waals surface area contributed by atoms with Crippen LogP contribution in [0.2, 0.25) is 0 Å². The summed E-state index contributed by atoms with van der Waals surface area (Å²) in [6.07, 6.45) is 2.22. The first-order valence-corrected chi connectivity index (χ1v) is 6.14. The molecule has 4 nitrogen and oxygen atoms in total. The lowest BCUT2D eigenvalue weighted by atomic mass is 10.0. The maximum absolute atomic E-state index is 11.9. The fourth-order valence-corrected chi connectivity index (χ4v) is 1.99. The smallest absolute Gasteiger partial charge is 0.229 e. The van der Waals surface area contributed by atoms with Crippen LogP contribution >= 0.6 is 0 Å². The molecule has 2 rings (SSSR count). The zero-order valence-corrected chi connectivity index (χ0v) is 10.2. The summed E-state index contributed by atoms with van der Waals surface area (Å²) in [5.74, 6) is -0.0275. The molecule has 1 unspecified atom stereocenters. The number of nitrogens with one attached hydrogen (secondary N) is 1. The molecule has 18 heavy (non-hydrogen) atoms. The van der Waals surface area contributed by atoms with Gasteiger partial charge in [0, 0.05) is 12.3 Å². The van der Waals surface area contributed by atoms with Crippen LogP contribution in [0.4, 0.5) is 5.69 Å². The van der Waals surface area contributed by atoms with E-state index in [1.54, 1.807) is 0 Å². The highest BCUT2D eigenvalue weighted by Gasteiger charge is 2.21. The molecule has 1 aliphatic heterocycles. The number of benzene rings is 1. The second-order valence-electron chi connectivity index (χ2n) is 4.44. The molecule has 1 aromatic carbocycles. The third-order valence-corrected chi connectivity index (χ3v) is 3.04. The van der Waals surface area contributed by atoms with Gasteiger partial charge in [0.15, 0.2) is 0 Å². The van der Waals surface area contributed by atoms with Gasteiger partial charge in [-0.05, 0) is 30.5 Å². The van der Waals surface area contributed by atoms with Crippen molar-refractivity contribution in [1.82, 2.24) is 0 Å². The summed E-state index contributed by atoms with van der Waals surface area (Å²) in [6.45, 7) is 1.27. The van der Waals surface area contributed by atoms with Crippen LogP contribution < -0.4 is 5.32 Å². The van der Waals surface area contributed by atoms with Crippen LogP contribution in [0.25, 0.3) is 0 Å². The Kier molecular flexibility index (Phi) is 4.32. The number of ether oxygens (including phenoxy) is 1. The van der Waals surface area contributed by atoms with Crippen LogP contribution in [0, 0.1) is 17.2 Å². The number of rotatable bonds is 3. The first kappa shape index (κ1) is 12.6. The van der Waals surface area contributed by atoms with Crippen molar-refractivity contribution < 1.29 is 9.53 Å². The summed E-state index contributed by atoms with van der Waals surface area (Å²) >= 11 is 0. The van der Waals surface area contributed by atoms with Gasteiger partial charge in [-0.15, -0.1) is 0 Å². The standard InChI is InChI=1S/C14H16N2O2/c15-8-7-11-3-5-13(6-4-11)16-14(17)12-2-1-9-18-10-12/h3-6,12H,1-2,7,9-10H2,(H,16,17). The van der Waals surface area contributed by atoms with Gasteiger partial charge >= 0.3 is 0 Å². The monoisotopic (exact) mass is 244 g/mol. The van der Waals surface area contributed by atoms with E-state index >= 15 is 0 Å². The van der Waals surface area contributed by atoms with Crippen LogP contribution in [0.3, 0.4) is 0 Å². The summed E-state index contributed by atoms with van der Waals surface area (Å²) in [5.41, 5.74) is 1.73. The fourth-order valence-electron chi connectivity index (χ4n) is 1.99. The molecule has 0 aromatic heterocycles. The van der Waals surface area contributed by atoms with Gasteiger partial charge < -0.3 is 10.1 Å². The Morgan fingerprint density at radius 3 is 2.83 bits per heavy atom. The van der Waals surface area contributed by atoms with Gasteiger partial charge in [0.25, 0.3) is 0 Å². The van der Waals surface area contributed by atoms with E-state index in [1.807, 2.05) is 24.3 Å².